The van der Waals surface area contributed by atoms with Crippen LogP contribution in [0.3, 0.4) is 0 Å². The van der Waals surface area contributed by atoms with Gasteiger partial charge in [-0.05, 0) is 44.1 Å². The number of para-hydroxylation sites is 1. The normalized spacial score (nSPS) is 11.9. The van der Waals surface area contributed by atoms with E-state index in [2.05, 4.69) is 121 Å². The molecule has 0 N–H and O–H groups in total. The van der Waals surface area contributed by atoms with Crippen molar-refractivity contribution in [2.45, 2.75) is 0 Å². The van der Waals surface area contributed by atoms with Gasteiger partial charge in [0.2, 0.25) is 0 Å². The van der Waals surface area contributed by atoms with Crippen LogP contribution in [-0.2, 0) is 4.57 Å². The van der Waals surface area contributed by atoms with Crippen LogP contribution in [-0.4, -0.2) is 9.97 Å². The van der Waals surface area contributed by atoms with Crippen molar-refractivity contribution in [3.8, 4) is 22.4 Å². The van der Waals surface area contributed by atoms with Gasteiger partial charge < -0.3 is 4.57 Å². The summed E-state index contributed by atoms with van der Waals surface area (Å²) in [5, 5.41) is 11.4. The van der Waals surface area contributed by atoms with Gasteiger partial charge in [0.25, 0.3) is 0 Å². The lowest BCUT2D eigenvalue weighted by Gasteiger charge is -2.21. The van der Waals surface area contributed by atoms with Gasteiger partial charge in [-0.15, -0.1) is 0 Å². The standard InChI is InChI=1S/C48H31N2OP/c51-52(34-16-3-1-4-17-34,35-18-5-2-6-19-35)36-29-27-32(28-30-36)44-38-21-9-11-23-40(38)46(41-24-12-10-22-39(41)44)48-47-45(42-25-13-14-26-43(42)50-48)37-20-8-7-15-33(37)31-49-47/h1-31H. The molecule has 10 aromatic rings. The smallest absolute Gasteiger partial charge is 0.171 e. The van der Waals surface area contributed by atoms with Crippen LogP contribution >= 0.6 is 7.14 Å². The highest BCUT2D eigenvalue weighted by Crippen LogP contribution is 2.47. The Morgan fingerprint density at radius 3 is 1.46 bits per heavy atom. The van der Waals surface area contributed by atoms with Crippen molar-refractivity contribution in [3.63, 3.8) is 0 Å². The van der Waals surface area contributed by atoms with Crippen LogP contribution in [0.1, 0.15) is 0 Å². The second kappa shape index (κ2) is 12.1. The van der Waals surface area contributed by atoms with Gasteiger partial charge in [0.15, 0.2) is 7.14 Å². The average molecular weight is 683 g/mol. The van der Waals surface area contributed by atoms with Gasteiger partial charge in [-0.3, -0.25) is 4.98 Å². The Balaban J connectivity index is 1.24. The molecule has 2 aromatic heterocycles. The molecule has 0 spiro atoms. The van der Waals surface area contributed by atoms with Crippen molar-refractivity contribution >= 4 is 77.2 Å². The van der Waals surface area contributed by atoms with E-state index >= 15 is 4.57 Å². The zero-order valence-electron chi connectivity index (χ0n) is 28.1. The minimum absolute atomic E-state index is 0.809. The summed E-state index contributed by atoms with van der Waals surface area (Å²) in [6.45, 7) is 0. The number of nitrogens with zero attached hydrogens (tertiary/aromatic N) is 2. The van der Waals surface area contributed by atoms with E-state index in [-0.39, 0.29) is 0 Å². The topological polar surface area (TPSA) is 42.9 Å². The molecule has 244 valence electrons. The Hall–Kier alpha value is -6.41. The summed E-state index contributed by atoms with van der Waals surface area (Å²) in [5.41, 5.74) is 5.98. The maximum atomic E-state index is 15.2. The molecule has 4 heteroatoms. The molecule has 0 unspecified atom stereocenters. The van der Waals surface area contributed by atoms with E-state index in [4.69, 9.17) is 9.97 Å². The Labute approximate surface area is 301 Å². The molecule has 0 bridgehead atoms. The van der Waals surface area contributed by atoms with Crippen molar-refractivity contribution in [2.24, 2.45) is 0 Å². The summed E-state index contributed by atoms with van der Waals surface area (Å²) >= 11 is 0. The molecule has 0 radical (unpaired) electrons. The molecular weight excluding hydrogens is 652 g/mol. The van der Waals surface area contributed by atoms with Gasteiger partial charge in [-0.1, -0.05) is 176 Å². The highest BCUT2D eigenvalue weighted by atomic mass is 31.2. The summed E-state index contributed by atoms with van der Waals surface area (Å²) in [7, 11) is -3.11. The number of fused-ring (bicyclic) bond motifs is 7. The first-order valence-electron chi connectivity index (χ1n) is 17.5. The molecule has 52 heavy (non-hydrogen) atoms. The van der Waals surface area contributed by atoms with Crippen LogP contribution in [0.25, 0.3) is 76.5 Å². The second-order valence-corrected chi connectivity index (χ2v) is 16.0. The van der Waals surface area contributed by atoms with Gasteiger partial charge >= 0.3 is 0 Å². The molecule has 2 heterocycles. The lowest BCUT2D eigenvalue weighted by Crippen LogP contribution is -2.24. The molecule has 0 aliphatic heterocycles. The van der Waals surface area contributed by atoms with Crippen LogP contribution in [0.2, 0.25) is 0 Å². The first-order chi connectivity index (χ1) is 25.7. The Morgan fingerprint density at radius 1 is 0.404 bits per heavy atom. The molecule has 0 saturated heterocycles. The van der Waals surface area contributed by atoms with Crippen molar-refractivity contribution in [1.29, 1.82) is 0 Å². The quantitative estimate of drug-likeness (QED) is 0.103. The van der Waals surface area contributed by atoms with E-state index in [1.807, 2.05) is 66.9 Å². The molecule has 0 aliphatic carbocycles. The van der Waals surface area contributed by atoms with Crippen molar-refractivity contribution < 1.29 is 4.57 Å². The molecule has 0 saturated carbocycles. The molecule has 3 nitrogen and oxygen atoms in total. The fourth-order valence-electron chi connectivity index (χ4n) is 8.00. The molecule has 8 aromatic carbocycles. The predicted octanol–water partition coefficient (Wildman–Crippen LogP) is 11.2. The van der Waals surface area contributed by atoms with Crippen LogP contribution in [0.4, 0.5) is 0 Å². The van der Waals surface area contributed by atoms with E-state index in [1.165, 1.54) is 5.39 Å². The van der Waals surface area contributed by atoms with Gasteiger partial charge in [0.05, 0.1) is 16.7 Å². The summed E-state index contributed by atoms with van der Waals surface area (Å²) in [6, 6.07) is 62.2. The summed E-state index contributed by atoms with van der Waals surface area (Å²) < 4.78 is 15.2. The maximum Gasteiger partial charge on any atom is 0.171 e. The fraction of sp³-hybridized carbons (Fsp3) is 0. The number of rotatable bonds is 5. The molecule has 0 aliphatic rings. The number of benzene rings is 8. The SMILES string of the molecule is O=P(c1ccccc1)(c1ccccc1)c1ccc(-c2c3ccccc3c(-c3nc4ccccc4c4c3ncc3ccccc34)c3ccccc23)cc1. The highest BCUT2D eigenvalue weighted by Gasteiger charge is 2.30. The van der Waals surface area contributed by atoms with E-state index in [9.17, 15) is 0 Å². The molecule has 0 amide bonds. The van der Waals surface area contributed by atoms with Crippen LogP contribution in [0.15, 0.2) is 188 Å². The lowest BCUT2D eigenvalue weighted by atomic mass is 9.86. The van der Waals surface area contributed by atoms with Crippen LogP contribution < -0.4 is 15.9 Å². The third-order valence-corrected chi connectivity index (χ3v) is 13.4. The molecule has 0 atom stereocenters. The first kappa shape index (κ1) is 30.4. The van der Waals surface area contributed by atoms with Gasteiger partial charge in [0, 0.05) is 43.8 Å². The molecule has 10 rings (SSSR count). The van der Waals surface area contributed by atoms with Crippen LogP contribution in [0, 0.1) is 0 Å². The third-order valence-electron chi connectivity index (χ3n) is 10.4. The molecule has 0 fully saturated rings. The third kappa shape index (κ3) is 4.64. The van der Waals surface area contributed by atoms with E-state index in [1.54, 1.807) is 0 Å². The number of hydrogen-bond acceptors (Lipinski definition) is 3. The summed E-state index contributed by atoms with van der Waals surface area (Å²) in [6.07, 6.45) is 1.97. The zero-order valence-corrected chi connectivity index (χ0v) is 29.0. The minimum Gasteiger partial charge on any atom is -0.309 e. The maximum absolute atomic E-state index is 15.2. The largest absolute Gasteiger partial charge is 0.309 e. The van der Waals surface area contributed by atoms with E-state index < -0.39 is 7.14 Å². The Morgan fingerprint density at radius 2 is 0.865 bits per heavy atom. The number of hydrogen-bond donors (Lipinski definition) is 0. The van der Waals surface area contributed by atoms with E-state index in [0.29, 0.717) is 0 Å². The Kier molecular flexibility index (Phi) is 7.09. The van der Waals surface area contributed by atoms with Crippen LogP contribution in [0.5, 0.6) is 0 Å². The van der Waals surface area contributed by atoms with Gasteiger partial charge in [0.1, 0.15) is 0 Å². The summed E-state index contributed by atoms with van der Waals surface area (Å²) in [5.74, 6) is 0. The highest BCUT2D eigenvalue weighted by molar-refractivity contribution is 7.85. The number of pyridine rings is 2. The Bertz CT molecular complexity index is 2910. The summed E-state index contributed by atoms with van der Waals surface area (Å²) in [4.78, 5) is 10.5. The van der Waals surface area contributed by atoms with Crippen molar-refractivity contribution in [2.75, 3.05) is 0 Å². The molecular formula is C48H31N2OP. The number of aromatic nitrogens is 2. The predicted molar refractivity (Wildman–Crippen MR) is 220 cm³/mol. The van der Waals surface area contributed by atoms with E-state index in [0.717, 1.165) is 87.0 Å². The van der Waals surface area contributed by atoms with Gasteiger partial charge in [-0.2, -0.15) is 0 Å². The zero-order chi connectivity index (χ0) is 34.6. The monoisotopic (exact) mass is 682 g/mol. The fourth-order valence-corrected chi connectivity index (χ4v) is 10.6. The lowest BCUT2D eigenvalue weighted by molar-refractivity contribution is 0.592. The van der Waals surface area contributed by atoms with Crippen molar-refractivity contribution in [3.05, 3.63) is 188 Å². The first-order valence-corrected chi connectivity index (χ1v) is 19.2. The average Bonchev–Trinajstić information content (AvgIpc) is 3.22. The van der Waals surface area contributed by atoms with Crippen molar-refractivity contribution in [1.82, 2.24) is 9.97 Å². The van der Waals surface area contributed by atoms with Gasteiger partial charge in [-0.25, -0.2) is 4.98 Å². The second-order valence-electron chi connectivity index (χ2n) is 13.2. The minimum atomic E-state index is -3.11.